The van der Waals surface area contributed by atoms with Gasteiger partial charge in [0.2, 0.25) is 0 Å². The van der Waals surface area contributed by atoms with Crippen LogP contribution in [0.1, 0.15) is 24.0 Å². The Bertz CT molecular complexity index is 590. The topological polar surface area (TPSA) is 23.5 Å². The molecule has 0 amide bonds. The SMILES string of the molecule is OC1(c2ccc(Cl)cc2)CCN(Cc2ccccc2)CC1.[Br-].[Br-].[Mg+2]. The maximum Gasteiger partial charge on any atom is 2.00 e. The average molecular weight is 486 g/mol. The van der Waals surface area contributed by atoms with Gasteiger partial charge in [0.05, 0.1) is 5.60 Å². The Kier molecular flexibility index (Phi) is 11.3. The molecule has 0 saturated carbocycles. The summed E-state index contributed by atoms with van der Waals surface area (Å²) in [5, 5.41) is 11.6. The number of likely N-dealkylation sites (tertiary alicyclic amines) is 1. The largest absolute Gasteiger partial charge is 2.00 e. The number of halogens is 3. The Balaban J connectivity index is 0.00000176. The average Bonchev–Trinajstić information content (AvgIpc) is 2.51. The molecule has 0 unspecified atom stereocenters. The second-order valence-electron chi connectivity index (χ2n) is 5.80. The van der Waals surface area contributed by atoms with Crippen molar-refractivity contribution >= 4 is 34.7 Å². The molecular formula is C18H20Br2ClMgNO. The molecule has 0 atom stereocenters. The molecule has 1 N–H and O–H groups in total. The molecule has 0 spiro atoms. The van der Waals surface area contributed by atoms with Gasteiger partial charge in [0.1, 0.15) is 0 Å². The van der Waals surface area contributed by atoms with Crippen LogP contribution in [0.3, 0.4) is 0 Å². The zero-order valence-electron chi connectivity index (χ0n) is 13.5. The summed E-state index contributed by atoms with van der Waals surface area (Å²) in [6.45, 7) is 2.78. The summed E-state index contributed by atoms with van der Waals surface area (Å²) in [6, 6.07) is 18.1. The van der Waals surface area contributed by atoms with Gasteiger partial charge in [-0.25, -0.2) is 0 Å². The van der Waals surface area contributed by atoms with Crippen LogP contribution in [0.4, 0.5) is 0 Å². The standard InChI is InChI=1S/C18H20ClNO.2BrH.Mg/c19-17-8-6-16(7-9-17)18(21)10-12-20(13-11-18)14-15-4-2-1-3-5-15;;;/h1-9,21H,10-14H2;2*1H;/q;;;+2/p-2. The van der Waals surface area contributed by atoms with Gasteiger partial charge in [-0.15, -0.1) is 0 Å². The van der Waals surface area contributed by atoms with Crippen LogP contribution in [0, 0.1) is 0 Å². The van der Waals surface area contributed by atoms with Crippen molar-refractivity contribution in [3.63, 3.8) is 0 Å². The molecule has 1 saturated heterocycles. The van der Waals surface area contributed by atoms with Crippen LogP contribution in [-0.2, 0) is 12.1 Å². The van der Waals surface area contributed by atoms with Crippen LogP contribution < -0.4 is 34.0 Å². The van der Waals surface area contributed by atoms with Crippen molar-refractivity contribution in [1.29, 1.82) is 0 Å². The third kappa shape index (κ3) is 6.27. The summed E-state index contributed by atoms with van der Waals surface area (Å²) in [5.74, 6) is 0. The van der Waals surface area contributed by atoms with Crippen LogP contribution in [0.15, 0.2) is 54.6 Å². The van der Waals surface area contributed by atoms with Crippen molar-refractivity contribution < 1.29 is 39.1 Å². The molecule has 2 aromatic carbocycles. The Hall–Kier alpha value is 0.376. The first-order chi connectivity index (χ1) is 10.2. The smallest absolute Gasteiger partial charge is 1.00 e. The molecule has 2 nitrogen and oxygen atoms in total. The van der Waals surface area contributed by atoms with Gasteiger partial charge >= 0.3 is 23.1 Å². The van der Waals surface area contributed by atoms with Gasteiger partial charge in [-0.05, 0) is 36.1 Å². The molecular weight excluding hydrogens is 466 g/mol. The number of benzene rings is 2. The van der Waals surface area contributed by atoms with Crippen molar-refractivity contribution in [1.82, 2.24) is 4.90 Å². The van der Waals surface area contributed by atoms with Gasteiger partial charge < -0.3 is 39.1 Å². The number of hydrogen-bond donors (Lipinski definition) is 1. The molecule has 3 rings (SSSR count). The quantitative estimate of drug-likeness (QED) is 0.484. The van der Waals surface area contributed by atoms with Crippen molar-refractivity contribution in [3.8, 4) is 0 Å². The maximum absolute atomic E-state index is 10.8. The van der Waals surface area contributed by atoms with Crippen molar-refractivity contribution in [3.05, 3.63) is 70.7 Å². The van der Waals surface area contributed by atoms with E-state index in [1.807, 2.05) is 30.3 Å². The van der Waals surface area contributed by atoms with Gasteiger partial charge in [-0.1, -0.05) is 54.1 Å². The third-order valence-electron chi connectivity index (χ3n) is 4.31. The molecule has 0 radical (unpaired) electrons. The molecule has 24 heavy (non-hydrogen) atoms. The van der Waals surface area contributed by atoms with Crippen LogP contribution in [0.2, 0.25) is 5.02 Å². The normalized spacial score (nSPS) is 16.2. The molecule has 1 heterocycles. The van der Waals surface area contributed by atoms with E-state index in [4.69, 9.17) is 11.6 Å². The Morgan fingerprint density at radius 3 is 2.00 bits per heavy atom. The molecule has 0 bridgehead atoms. The zero-order valence-corrected chi connectivity index (χ0v) is 18.8. The summed E-state index contributed by atoms with van der Waals surface area (Å²) in [6.07, 6.45) is 1.53. The van der Waals surface area contributed by atoms with Gasteiger partial charge in [-0.2, -0.15) is 0 Å². The minimum absolute atomic E-state index is 0. The molecule has 1 fully saturated rings. The first kappa shape index (κ1) is 24.4. The van der Waals surface area contributed by atoms with E-state index in [0.717, 1.165) is 38.0 Å². The number of piperidine rings is 1. The van der Waals surface area contributed by atoms with E-state index >= 15 is 0 Å². The summed E-state index contributed by atoms with van der Waals surface area (Å²) >= 11 is 5.92. The molecule has 1 aliphatic heterocycles. The Morgan fingerprint density at radius 1 is 0.917 bits per heavy atom. The zero-order chi connectivity index (χ0) is 14.7. The van der Waals surface area contributed by atoms with E-state index in [2.05, 4.69) is 29.2 Å². The number of rotatable bonds is 3. The van der Waals surface area contributed by atoms with E-state index in [-0.39, 0.29) is 57.0 Å². The Morgan fingerprint density at radius 2 is 1.46 bits per heavy atom. The first-order valence-corrected chi connectivity index (χ1v) is 7.78. The summed E-state index contributed by atoms with van der Waals surface area (Å²) in [4.78, 5) is 2.40. The van der Waals surface area contributed by atoms with Gasteiger partial charge in [0.15, 0.2) is 0 Å². The third-order valence-corrected chi connectivity index (χ3v) is 4.57. The molecule has 0 aliphatic carbocycles. The van der Waals surface area contributed by atoms with Gasteiger partial charge in [-0.3, -0.25) is 4.90 Å². The van der Waals surface area contributed by atoms with E-state index in [0.29, 0.717) is 5.02 Å². The fourth-order valence-corrected chi connectivity index (χ4v) is 3.10. The fraction of sp³-hybridized carbons (Fsp3) is 0.333. The van der Waals surface area contributed by atoms with Crippen molar-refractivity contribution in [2.45, 2.75) is 25.0 Å². The van der Waals surface area contributed by atoms with E-state index in [9.17, 15) is 5.11 Å². The molecule has 0 aromatic heterocycles. The summed E-state index contributed by atoms with van der Waals surface area (Å²) in [7, 11) is 0. The van der Waals surface area contributed by atoms with Crippen LogP contribution in [0.25, 0.3) is 0 Å². The minimum atomic E-state index is -0.711. The monoisotopic (exact) mass is 483 g/mol. The molecule has 126 valence electrons. The molecule has 6 heteroatoms. The summed E-state index contributed by atoms with van der Waals surface area (Å²) in [5.41, 5.74) is 1.60. The molecule has 2 aromatic rings. The first-order valence-electron chi connectivity index (χ1n) is 7.40. The van der Waals surface area contributed by atoms with Crippen molar-refractivity contribution in [2.24, 2.45) is 0 Å². The number of nitrogens with zero attached hydrogens (tertiary/aromatic N) is 1. The Labute approximate surface area is 186 Å². The minimum Gasteiger partial charge on any atom is -1.00 e. The van der Waals surface area contributed by atoms with E-state index in [1.54, 1.807) is 0 Å². The number of hydrogen-bond acceptors (Lipinski definition) is 2. The predicted molar refractivity (Wildman–Crippen MR) is 92.1 cm³/mol. The van der Waals surface area contributed by atoms with E-state index in [1.165, 1.54) is 5.56 Å². The summed E-state index contributed by atoms with van der Waals surface area (Å²) < 4.78 is 0. The predicted octanol–water partition coefficient (Wildman–Crippen LogP) is -2.55. The maximum atomic E-state index is 10.8. The second kappa shape index (κ2) is 11.2. The van der Waals surface area contributed by atoms with Gasteiger partial charge in [0, 0.05) is 24.7 Å². The van der Waals surface area contributed by atoms with E-state index < -0.39 is 5.60 Å². The van der Waals surface area contributed by atoms with Crippen molar-refractivity contribution in [2.75, 3.05) is 13.1 Å². The second-order valence-corrected chi connectivity index (χ2v) is 6.24. The van der Waals surface area contributed by atoms with Crippen LogP contribution in [0.5, 0.6) is 0 Å². The molecule has 1 aliphatic rings. The van der Waals surface area contributed by atoms with Crippen LogP contribution >= 0.6 is 11.6 Å². The van der Waals surface area contributed by atoms with Gasteiger partial charge in [0.25, 0.3) is 0 Å². The number of aliphatic hydroxyl groups is 1. The fourth-order valence-electron chi connectivity index (χ4n) is 2.97. The van der Waals surface area contributed by atoms with Crippen LogP contribution in [-0.4, -0.2) is 46.1 Å².